The first-order valence-electron chi connectivity index (χ1n) is 8.90. The van der Waals surface area contributed by atoms with Gasteiger partial charge in [0.2, 0.25) is 5.55 Å². The van der Waals surface area contributed by atoms with Crippen LogP contribution in [0.2, 0.25) is 5.02 Å². The van der Waals surface area contributed by atoms with Gasteiger partial charge in [0.05, 0.1) is 5.69 Å². The molecule has 0 aliphatic carbocycles. The molecular weight excluding hydrogens is 391 g/mol. The zero-order valence-corrected chi connectivity index (χ0v) is 16.2. The molecule has 0 unspecified atom stereocenters. The maximum absolute atomic E-state index is 13.9. The third-order valence-electron chi connectivity index (χ3n) is 4.39. The summed E-state index contributed by atoms with van der Waals surface area (Å²) in [7, 11) is 0. The summed E-state index contributed by atoms with van der Waals surface area (Å²) in [6.45, 7) is 1.67. The second-order valence-corrected chi connectivity index (χ2v) is 6.95. The van der Waals surface area contributed by atoms with E-state index in [-0.39, 0.29) is 16.9 Å². The molecule has 0 spiro atoms. The van der Waals surface area contributed by atoms with E-state index in [4.69, 9.17) is 16.0 Å². The number of benzene rings is 3. The van der Waals surface area contributed by atoms with E-state index in [0.29, 0.717) is 27.5 Å². The van der Waals surface area contributed by atoms with Crippen LogP contribution in [0.25, 0.3) is 11.0 Å². The van der Waals surface area contributed by atoms with Gasteiger partial charge in [0.25, 0.3) is 5.91 Å². The van der Waals surface area contributed by atoms with Crippen LogP contribution in [-0.4, -0.2) is 5.91 Å². The average molecular weight is 407 g/mol. The highest BCUT2D eigenvalue weighted by molar-refractivity contribution is 6.30. The quantitative estimate of drug-likeness (QED) is 0.452. The molecule has 0 radical (unpaired) electrons. The lowest BCUT2D eigenvalue weighted by Crippen LogP contribution is -2.21. The number of amides is 1. The van der Waals surface area contributed by atoms with Gasteiger partial charge in [-0.1, -0.05) is 35.9 Å². The van der Waals surface area contributed by atoms with Gasteiger partial charge < -0.3 is 9.73 Å². The van der Waals surface area contributed by atoms with Crippen LogP contribution in [0.1, 0.15) is 15.9 Å². The Hall–Kier alpha value is -3.44. The Morgan fingerprint density at radius 1 is 1.03 bits per heavy atom. The minimum Gasteiger partial charge on any atom is -0.438 e. The van der Waals surface area contributed by atoms with E-state index >= 15 is 0 Å². The topological polar surface area (TPSA) is 54.6 Å². The molecule has 0 aliphatic rings. The van der Waals surface area contributed by atoms with Crippen molar-refractivity contribution in [3.8, 4) is 0 Å². The first-order chi connectivity index (χ1) is 14.0. The van der Waals surface area contributed by atoms with E-state index < -0.39 is 5.91 Å². The van der Waals surface area contributed by atoms with Gasteiger partial charge >= 0.3 is 0 Å². The molecule has 4 aromatic rings. The highest BCUT2D eigenvalue weighted by atomic mass is 35.5. The van der Waals surface area contributed by atoms with Crippen molar-refractivity contribution in [2.75, 3.05) is 5.32 Å². The van der Waals surface area contributed by atoms with Crippen LogP contribution >= 0.6 is 11.6 Å². The second-order valence-electron chi connectivity index (χ2n) is 6.51. The third kappa shape index (κ3) is 4.20. The minimum absolute atomic E-state index is 0.0958. The van der Waals surface area contributed by atoms with Crippen LogP contribution in [0.3, 0.4) is 0 Å². The summed E-state index contributed by atoms with van der Waals surface area (Å²) in [6.07, 6.45) is 0. The molecule has 0 bridgehead atoms. The molecule has 1 amide bonds. The number of carbonyl (C=O) groups excluding carboxylic acids is 1. The van der Waals surface area contributed by atoms with E-state index in [1.165, 1.54) is 6.07 Å². The molecule has 4 rings (SSSR count). The van der Waals surface area contributed by atoms with Gasteiger partial charge in [-0.2, -0.15) is 0 Å². The highest BCUT2D eigenvalue weighted by Gasteiger charge is 2.13. The second kappa shape index (κ2) is 7.89. The first-order valence-corrected chi connectivity index (χ1v) is 9.28. The van der Waals surface area contributed by atoms with Crippen molar-refractivity contribution in [2.45, 2.75) is 6.92 Å². The fourth-order valence-corrected chi connectivity index (χ4v) is 2.94. The van der Waals surface area contributed by atoms with Gasteiger partial charge in [-0.25, -0.2) is 9.38 Å². The summed E-state index contributed by atoms with van der Waals surface area (Å²) in [6, 6.07) is 20.4. The zero-order chi connectivity index (χ0) is 20.4. The molecule has 1 N–H and O–H groups in total. The molecule has 0 saturated carbocycles. The molecule has 0 saturated heterocycles. The Labute approximate surface area is 171 Å². The Morgan fingerprint density at radius 2 is 1.79 bits per heavy atom. The third-order valence-corrected chi connectivity index (χ3v) is 4.64. The number of aryl methyl sites for hydroxylation is 1. The summed E-state index contributed by atoms with van der Waals surface area (Å²) < 4.78 is 19.8. The van der Waals surface area contributed by atoms with Crippen LogP contribution < -0.4 is 10.9 Å². The molecule has 4 nitrogen and oxygen atoms in total. The summed E-state index contributed by atoms with van der Waals surface area (Å²) in [5.41, 5.74) is 2.35. The number of rotatable bonds is 3. The van der Waals surface area contributed by atoms with E-state index in [1.807, 2.05) is 18.2 Å². The smallest absolute Gasteiger partial charge is 0.261 e. The number of fused-ring (bicyclic) bond motifs is 1. The molecule has 0 atom stereocenters. The summed E-state index contributed by atoms with van der Waals surface area (Å²) in [5, 5.41) is 4.13. The van der Waals surface area contributed by atoms with Crippen LogP contribution in [-0.2, 0) is 0 Å². The van der Waals surface area contributed by atoms with Gasteiger partial charge in [0, 0.05) is 16.1 Å². The normalized spacial score (nSPS) is 11.6. The average Bonchev–Trinajstić information content (AvgIpc) is 2.72. The van der Waals surface area contributed by atoms with E-state index in [9.17, 15) is 9.18 Å². The number of para-hydroxylation sites is 1. The van der Waals surface area contributed by atoms with E-state index in [0.717, 1.165) is 5.39 Å². The maximum atomic E-state index is 13.9. The molecule has 6 heteroatoms. The fourth-order valence-electron chi connectivity index (χ4n) is 2.82. The molecule has 0 fully saturated rings. The van der Waals surface area contributed by atoms with Crippen molar-refractivity contribution in [1.82, 2.24) is 0 Å². The largest absolute Gasteiger partial charge is 0.438 e. The van der Waals surface area contributed by atoms with Crippen molar-refractivity contribution in [3.05, 3.63) is 100 Å². The van der Waals surface area contributed by atoms with Gasteiger partial charge in [-0.15, -0.1) is 0 Å². The fraction of sp³-hybridized carbons (Fsp3) is 0.0435. The monoisotopic (exact) mass is 406 g/mol. The lowest BCUT2D eigenvalue weighted by molar-refractivity contribution is 0.102. The van der Waals surface area contributed by atoms with Gasteiger partial charge in [0.1, 0.15) is 17.0 Å². The number of halogens is 2. The summed E-state index contributed by atoms with van der Waals surface area (Å²) in [5.74, 6) is -0.771. The standard InChI is InChI=1S/C23H16ClFN2O2/c1-14-6-9-18(13-20(14)25)27-23-19(12-15-4-2-3-5-21(15)29-23)22(28)26-17-10-7-16(24)8-11-17/h2-13H,1H3,(H,26,28). The number of nitrogens with zero attached hydrogens (tertiary/aromatic N) is 1. The van der Waals surface area contributed by atoms with E-state index in [1.54, 1.807) is 55.5 Å². The van der Waals surface area contributed by atoms with Crippen LogP contribution in [0.4, 0.5) is 15.8 Å². The van der Waals surface area contributed by atoms with Gasteiger partial charge in [-0.05, 0) is 61.0 Å². The SMILES string of the molecule is Cc1ccc(N=c2oc3ccccc3cc2C(=O)Nc2ccc(Cl)cc2)cc1F. The number of hydrogen-bond donors (Lipinski definition) is 1. The van der Waals surface area contributed by atoms with Crippen LogP contribution in [0.5, 0.6) is 0 Å². The zero-order valence-electron chi connectivity index (χ0n) is 15.4. The predicted octanol–water partition coefficient (Wildman–Crippen LogP) is 6.02. The minimum atomic E-state index is -0.395. The lowest BCUT2D eigenvalue weighted by atomic mass is 10.1. The number of nitrogens with one attached hydrogen (secondary N) is 1. The van der Waals surface area contributed by atoms with Crippen molar-refractivity contribution in [3.63, 3.8) is 0 Å². The highest BCUT2D eigenvalue weighted by Crippen LogP contribution is 2.19. The molecule has 144 valence electrons. The number of hydrogen-bond acceptors (Lipinski definition) is 3. The van der Waals surface area contributed by atoms with Crippen molar-refractivity contribution < 1.29 is 13.6 Å². The molecule has 1 heterocycles. The molecule has 0 aliphatic heterocycles. The molecular formula is C23H16ClFN2O2. The first kappa shape index (κ1) is 18.9. The molecule has 29 heavy (non-hydrogen) atoms. The number of anilines is 1. The molecule has 1 aromatic heterocycles. The summed E-state index contributed by atoms with van der Waals surface area (Å²) >= 11 is 5.90. The van der Waals surface area contributed by atoms with E-state index in [2.05, 4.69) is 10.3 Å². The molecule has 3 aromatic carbocycles. The van der Waals surface area contributed by atoms with Gasteiger partial charge in [0.15, 0.2) is 0 Å². The van der Waals surface area contributed by atoms with Crippen molar-refractivity contribution in [1.29, 1.82) is 0 Å². The maximum Gasteiger partial charge on any atom is 0.261 e. The van der Waals surface area contributed by atoms with Crippen molar-refractivity contribution in [2.24, 2.45) is 4.99 Å². The Kier molecular flexibility index (Phi) is 5.14. The number of carbonyl (C=O) groups is 1. The summed E-state index contributed by atoms with van der Waals surface area (Å²) in [4.78, 5) is 17.3. The lowest BCUT2D eigenvalue weighted by Gasteiger charge is -2.07. The Balaban J connectivity index is 1.83. The van der Waals surface area contributed by atoms with Crippen LogP contribution in [0.15, 0.2) is 82.2 Å². The Morgan fingerprint density at radius 3 is 2.55 bits per heavy atom. The predicted molar refractivity (Wildman–Crippen MR) is 112 cm³/mol. The Bertz CT molecular complexity index is 1280. The van der Waals surface area contributed by atoms with Crippen molar-refractivity contribution >= 4 is 39.9 Å². The van der Waals surface area contributed by atoms with Crippen LogP contribution in [0, 0.1) is 12.7 Å². The van der Waals surface area contributed by atoms with Gasteiger partial charge in [-0.3, -0.25) is 4.79 Å².